The summed E-state index contributed by atoms with van der Waals surface area (Å²) in [6.45, 7) is 0.750. The first-order valence-corrected chi connectivity index (χ1v) is 12.3. The van der Waals surface area contributed by atoms with Gasteiger partial charge in [0.25, 0.3) is 12.1 Å². The molecule has 1 saturated heterocycles. The quantitative estimate of drug-likeness (QED) is 0.359. The molecule has 0 aliphatic carbocycles. The second-order valence-electron chi connectivity index (χ2n) is 9.30. The predicted octanol–water partition coefficient (Wildman–Crippen LogP) is 5.95. The van der Waals surface area contributed by atoms with Crippen LogP contribution in [0.15, 0.2) is 78.0 Å². The summed E-state index contributed by atoms with van der Waals surface area (Å²) in [6.07, 6.45) is -6.02. The summed E-state index contributed by atoms with van der Waals surface area (Å²) in [5.41, 5.74) is -2.35. The number of aliphatic hydroxyl groups is 1. The molecule has 11 heteroatoms. The Morgan fingerprint density at radius 1 is 1.00 bits per heavy atom. The maximum atomic E-state index is 14.3. The zero-order chi connectivity index (χ0) is 27.1. The molecule has 0 spiro atoms. The second kappa shape index (κ2) is 9.89. The van der Waals surface area contributed by atoms with Gasteiger partial charge in [0, 0.05) is 40.7 Å². The third-order valence-corrected chi connectivity index (χ3v) is 7.24. The van der Waals surface area contributed by atoms with Gasteiger partial charge in [-0.1, -0.05) is 83.0 Å². The van der Waals surface area contributed by atoms with Crippen LogP contribution in [0.3, 0.4) is 0 Å². The van der Waals surface area contributed by atoms with E-state index >= 15 is 0 Å². The van der Waals surface area contributed by atoms with Crippen molar-refractivity contribution in [2.24, 2.45) is 5.16 Å². The van der Waals surface area contributed by atoms with Crippen molar-refractivity contribution in [3.05, 3.63) is 105 Å². The average Bonchev–Trinajstić information content (AvgIpc) is 3.33. The Labute approximate surface area is 226 Å². The minimum atomic E-state index is -4.80. The molecule has 3 aromatic carbocycles. The molecular weight excluding hydrogens is 544 g/mol. The highest BCUT2D eigenvalue weighted by Crippen LogP contribution is 2.50. The Hall–Kier alpha value is -3.11. The molecule has 6 nitrogen and oxygen atoms in total. The number of hydrogen-bond donors (Lipinski definition) is 1. The van der Waals surface area contributed by atoms with Gasteiger partial charge in [-0.05, 0) is 29.3 Å². The summed E-state index contributed by atoms with van der Waals surface area (Å²) in [5.74, 6) is 0. The number of carbonyl (C=O) groups is 1. The van der Waals surface area contributed by atoms with Crippen molar-refractivity contribution in [3.63, 3.8) is 0 Å². The van der Waals surface area contributed by atoms with Crippen molar-refractivity contribution >= 4 is 35.4 Å². The SMILES string of the molecule is O=COC(c1ccccc1)N1CC(O)(c2ccc(C3=NOC(c4cc(Cl)cc(Cl)c4)(C(F)(F)F)C3)cc2)C1. The van der Waals surface area contributed by atoms with E-state index in [1.165, 1.54) is 6.07 Å². The molecule has 2 aliphatic heterocycles. The smallest absolute Gasteiger partial charge is 0.435 e. The highest BCUT2D eigenvalue weighted by Gasteiger charge is 2.62. The van der Waals surface area contributed by atoms with E-state index in [2.05, 4.69) is 5.16 Å². The summed E-state index contributed by atoms with van der Waals surface area (Å²) in [6, 6.07) is 19.3. The van der Waals surface area contributed by atoms with Crippen molar-refractivity contribution in [1.82, 2.24) is 4.90 Å². The molecule has 0 saturated carbocycles. The van der Waals surface area contributed by atoms with E-state index in [0.717, 1.165) is 17.7 Å². The Morgan fingerprint density at radius 3 is 2.21 bits per heavy atom. The van der Waals surface area contributed by atoms with Gasteiger partial charge in [0.05, 0.1) is 5.71 Å². The molecule has 2 heterocycles. The lowest BCUT2D eigenvalue weighted by Crippen LogP contribution is -2.60. The van der Waals surface area contributed by atoms with E-state index in [4.69, 9.17) is 32.8 Å². The van der Waals surface area contributed by atoms with Crippen LogP contribution in [0.2, 0.25) is 10.0 Å². The zero-order valence-electron chi connectivity index (χ0n) is 19.7. The molecule has 0 bridgehead atoms. The number of ether oxygens (including phenoxy) is 1. The molecule has 0 amide bonds. The first-order chi connectivity index (χ1) is 18.0. The monoisotopic (exact) mass is 564 g/mol. The van der Waals surface area contributed by atoms with Gasteiger partial charge in [-0.25, -0.2) is 0 Å². The maximum Gasteiger partial charge on any atom is 0.435 e. The fourth-order valence-corrected chi connectivity index (χ4v) is 5.36. The predicted molar refractivity (Wildman–Crippen MR) is 135 cm³/mol. The number of likely N-dealkylation sites (tertiary alicyclic amines) is 1. The number of rotatable bonds is 7. The lowest BCUT2D eigenvalue weighted by molar-refractivity contribution is -0.275. The molecular formula is C27H21Cl2F3N2O4. The van der Waals surface area contributed by atoms with Crippen LogP contribution in [-0.2, 0) is 25.6 Å². The van der Waals surface area contributed by atoms with Gasteiger partial charge in [0.2, 0.25) is 0 Å². The first kappa shape index (κ1) is 26.5. The third kappa shape index (κ3) is 4.75. The highest BCUT2D eigenvalue weighted by atomic mass is 35.5. The number of nitrogens with zero attached hydrogens (tertiary/aromatic N) is 2. The van der Waals surface area contributed by atoms with Crippen LogP contribution in [0.5, 0.6) is 0 Å². The highest BCUT2D eigenvalue weighted by molar-refractivity contribution is 6.34. The van der Waals surface area contributed by atoms with Gasteiger partial charge in [0.15, 0.2) is 6.23 Å². The molecule has 0 aromatic heterocycles. The molecule has 2 unspecified atom stereocenters. The first-order valence-electron chi connectivity index (χ1n) is 11.5. The minimum absolute atomic E-state index is 0.0494. The van der Waals surface area contributed by atoms with Crippen LogP contribution < -0.4 is 0 Å². The number of oxime groups is 1. The van der Waals surface area contributed by atoms with Crippen LogP contribution in [0.25, 0.3) is 0 Å². The lowest BCUT2D eigenvalue weighted by atomic mass is 9.83. The van der Waals surface area contributed by atoms with Gasteiger partial charge in [-0.3, -0.25) is 9.69 Å². The van der Waals surface area contributed by atoms with Gasteiger partial charge >= 0.3 is 6.18 Å². The van der Waals surface area contributed by atoms with Gasteiger partial charge in [-0.15, -0.1) is 0 Å². The lowest BCUT2D eigenvalue weighted by Gasteiger charge is -2.49. The molecule has 2 aliphatic rings. The zero-order valence-corrected chi connectivity index (χ0v) is 21.2. The molecule has 1 N–H and O–H groups in total. The summed E-state index contributed by atoms with van der Waals surface area (Å²) < 4.78 is 48.0. The molecule has 0 radical (unpaired) electrons. The topological polar surface area (TPSA) is 71.4 Å². The summed E-state index contributed by atoms with van der Waals surface area (Å²) in [4.78, 5) is 17.9. The van der Waals surface area contributed by atoms with Crippen LogP contribution in [0.4, 0.5) is 13.2 Å². The second-order valence-corrected chi connectivity index (χ2v) is 10.2. The average molecular weight is 565 g/mol. The summed E-state index contributed by atoms with van der Waals surface area (Å²) in [5, 5.41) is 15.0. The Balaban J connectivity index is 1.32. The van der Waals surface area contributed by atoms with E-state index in [-0.39, 0.29) is 34.4 Å². The standard InChI is InChI=1S/C27H21Cl2F3N2O4/c28-21-10-20(11-22(29)12-21)26(27(30,31)32)13-23(33-38-26)17-6-8-19(9-7-17)25(36)14-34(15-25)24(37-16-35)18-4-2-1-3-5-18/h1-12,16,24,36H,13-15H2. The molecule has 3 aromatic rings. The summed E-state index contributed by atoms with van der Waals surface area (Å²) >= 11 is 11.9. The van der Waals surface area contributed by atoms with Crippen LogP contribution in [-0.4, -0.2) is 41.5 Å². The number of benzene rings is 3. The van der Waals surface area contributed by atoms with Crippen LogP contribution in [0.1, 0.15) is 34.9 Å². The number of alkyl halides is 3. The third-order valence-electron chi connectivity index (χ3n) is 6.80. The van der Waals surface area contributed by atoms with E-state index < -0.39 is 30.0 Å². The number of carbonyl (C=O) groups excluding carboxylic acids is 1. The van der Waals surface area contributed by atoms with E-state index in [1.54, 1.807) is 29.2 Å². The Bertz CT molecular complexity index is 1340. The minimum Gasteiger partial charge on any atom is -0.444 e. The van der Waals surface area contributed by atoms with E-state index in [0.29, 0.717) is 17.6 Å². The van der Waals surface area contributed by atoms with E-state index in [1.807, 2.05) is 30.3 Å². The van der Waals surface area contributed by atoms with Gasteiger partial charge in [-0.2, -0.15) is 13.2 Å². The van der Waals surface area contributed by atoms with Gasteiger partial charge < -0.3 is 14.7 Å². The fraction of sp³-hybridized carbons (Fsp3) is 0.259. The normalized spacial score (nSPS) is 21.7. The van der Waals surface area contributed by atoms with Crippen LogP contribution in [0, 0.1) is 0 Å². The number of β-amino-alcohol motifs (C(OH)–C–C–N with tert-alkyl or cyclic N) is 1. The van der Waals surface area contributed by atoms with Crippen LogP contribution >= 0.6 is 23.2 Å². The largest absolute Gasteiger partial charge is 0.444 e. The molecule has 1 fully saturated rings. The number of halogens is 5. The van der Waals surface area contributed by atoms with E-state index in [9.17, 15) is 23.1 Å². The number of hydrogen-bond acceptors (Lipinski definition) is 6. The molecule has 2 atom stereocenters. The molecule has 38 heavy (non-hydrogen) atoms. The van der Waals surface area contributed by atoms with Crippen molar-refractivity contribution in [1.29, 1.82) is 0 Å². The van der Waals surface area contributed by atoms with Gasteiger partial charge in [0.1, 0.15) is 5.60 Å². The van der Waals surface area contributed by atoms with Crippen molar-refractivity contribution < 1.29 is 32.6 Å². The Kier molecular flexibility index (Phi) is 6.89. The maximum absolute atomic E-state index is 14.3. The van der Waals surface area contributed by atoms with Crippen molar-refractivity contribution in [3.8, 4) is 0 Å². The summed E-state index contributed by atoms with van der Waals surface area (Å²) in [7, 11) is 0. The Morgan fingerprint density at radius 2 is 1.63 bits per heavy atom. The molecule has 198 valence electrons. The fourth-order valence-electron chi connectivity index (χ4n) is 4.84. The molecule has 5 rings (SSSR count). The van der Waals surface area contributed by atoms with Crippen molar-refractivity contribution in [2.75, 3.05) is 13.1 Å². The van der Waals surface area contributed by atoms with Crippen molar-refractivity contribution in [2.45, 2.75) is 30.0 Å².